The lowest BCUT2D eigenvalue weighted by atomic mass is 10.1. The minimum atomic E-state index is -0.190. The van der Waals surface area contributed by atoms with Crippen LogP contribution in [0.2, 0.25) is 0 Å². The highest BCUT2D eigenvalue weighted by atomic mass is 16.3. The van der Waals surface area contributed by atoms with Gasteiger partial charge in [-0.1, -0.05) is 24.3 Å². The van der Waals surface area contributed by atoms with Crippen molar-refractivity contribution in [2.24, 2.45) is 5.84 Å². The molecule has 0 saturated carbocycles. The zero-order valence-electron chi connectivity index (χ0n) is 12.3. The predicted molar refractivity (Wildman–Crippen MR) is 79.7 cm³/mol. The van der Waals surface area contributed by atoms with Crippen LogP contribution >= 0.6 is 0 Å². The number of aliphatic hydroxyl groups is 1. The molecule has 0 unspecified atom stereocenters. The molecule has 0 aliphatic heterocycles. The van der Waals surface area contributed by atoms with Gasteiger partial charge in [-0.05, 0) is 31.4 Å². The standard InChI is InChI=1S/C15H25N3O2/c1-12(2)18(8-3-9-19)11-14-6-4-13(5-7-14)10-15(20)17-16/h4-7,12,19H,3,8-11,16H2,1-2H3,(H,17,20). The van der Waals surface area contributed by atoms with Gasteiger partial charge in [-0.2, -0.15) is 0 Å². The Morgan fingerprint density at radius 2 is 1.90 bits per heavy atom. The fraction of sp³-hybridized carbons (Fsp3) is 0.533. The number of nitrogens with two attached hydrogens (primary N) is 1. The normalized spacial score (nSPS) is 11.1. The second kappa shape index (κ2) is 8.68. The summed E-state index contributed by atoms with van der Waals surface area (Å²) < 4.78 is 0. The SMILES string of the molecule is CC(C)N(CCCO)Cc1ccc(CC(=O)NN)cc1. The molecule has 1 aromatic carbocycles. The molecule has 112 valence electrons. The van der Waals surface area contributed by atoms with Crippen LogP contribution in [-0.2, 0) is 17.8 Å². The lowest BCUT2D eigenvalue weighted by Crippen LogP contribution is -2.32. The fourth-order valence-electron chi connectivity index (χ4n) is 2.03. The lowest BCUT2D eigenvalue weighted by molar-refractivity contribution is -0.120. The number of hydrogen-bond donors (Lipinski definition) is 3. The second-order valence-corrected chi connectivity index (χ2v) is 5.20. The average molecular weight is 279 g/mol. The lowest BCUT2D eigenvalue weighted by Gasteiger charge is -2.26. The first-order valence-electron chi connectivity index (χ1n) is 6.99. The predicted octanol–water partition coefficient (Wildman–Crippen LogP) is 0.812. The number of carbonyl (C=O) groups excluding carboxylic acids is 1. The molecular weight excluding hydrogens is 254 g/mol. The van der Waals surface area contributed by atoms with Crippen LogP contribution in [0.3, 0.4) is 0 Å². The van der Waals surface area contributed by atoms with Crippen LogP contribution in [0.1, 0.15) is 31.4 Å². The smallest absolute Gasteiger partial charge is 0.238 e. The van der Waals surface area contributed by atoms with E-state index in [0.717, 1.165) is 25.1 Å². The monoisotopic (exact) mass is 279 g/mol. The molecule has 1 aromatic rings. The van der Waals surface area contributed by atoms with Gasteiger partial charge in [0.05, 0.1) is 6.42 Å². The number of aliphatic hydroxyl groups excluding tert-OH is 1. The maximum absolute atomic E-state index is 11.2. The van der Waals surface area contributed by atoms with Crippen LogP contribution in [0.4, 0.5) is 0 Å². The second-order valence-electron chi connectivity index (χ2n) is 5.20. The van der Waals surface area contributed by atoms with Gasteiger partial charge in [-0.15, -0.1) is 0 Å². The van der Waals surface area contributed by atoms with Gasteiger partial charge < -0.3 is 5.11 Å². The van der Waals surface area contributed by atoms with Crippen LogP contribution in [-0.4, -0.2) is 35.1 Å². The summed E-state index contributed by atoms with van der Waals surface area (Å²) in [6, 6.07) is 8.41. The highest BCUT2D eigenvalue weighted by Crippen LogP contribution is 2.11. The number of amides is 1. The number of nitrogens with zero attached hydrogens (tertiary/aromatic N) is 1. The maximum Gasteiger partial charge on any atom is 0.238 e. The van der Waals surface area contributed by atoms with E-state index in [4.69, 9.17) is 10.9 Å². The molecule has 1 rings (SSSR count). The van der Waals surface area contributed by atoms with E-state index < -0.39 is 0 Å². The summed E-state index contributed by atoms with van der Waals surface area (Å²) in [5.41, 5.74) is 4.28. The molecule has 0 saturated heterocycles. The van der Waals surface area contributed by atoms with Gasteiger partial charge in [0.1, 0.15) is 0 Å². The average Bonchev–Trinajstić information content (AvgIpc) is 2.44. The molecule has 0 bridgehead atoms. The Kier molecular flexibility index (Phi) is 7.22. The Balaban J connectivity index is 2.60. The van der Waals surface area contributed by atoms with E-state index in [1.165, 1.54) is 5.56 Å². The van der Waals surface area contributed by atoms with Crippen LogP contribution in [0.15, 0.2) is 24.3 Å². The number of carbonyl (C=O) groups is 1. The van der Waals surface area contributed by atoms with Gasteiger partial charge in [0, 0.05) is 25.7 Å². The van der Waals surface area contributed by atoms with Crippen LogP contribution in [0.5, 0.6) is 0 Å². The van der Waals surface area contributed by atoms with Crippen molar-refractivity contribution < 1.29 is 9.90 Å². The molecule has 20 heavy (non-hydrogen) atoms. The largest absolute Gasteiger partial charge is 0.396 e. The van der Waals surface area contributed by atoms with Gasteiger partial charge >= 0.3 is 0 Å². The molecule has 4 N–H and O–H groups in total. The van der Waals surface area contributed by atoms with Crippen molar-refractivity contribution in [2.75, 3.05) is 13.2 Å². The summed E-state index contributed by atoms with van der Waals surface area (Å²) >= 11 is 0. The van der Waals surface area contributed by atoms with Crippen molar-refractivity contribution in [2.45, 2.75) is 39.3 Å². The van der Waals surface area contributed by atoms with E-state index in [9.17, 15) is 4.79 Å². The van der Waals surface area contributed by atoms with Crippen molar-refractivity contribution in [3.8, 4) is 0 Å². The first-order valence-corrected chi connectivity index (χ1v) is 6.99. The number of hydrogen-bond acceptors (Lipinski definition) is 4. The van der Waals surface area contributed by atoms with Crippen LogP contribution in [0, 0.1) is 0 Å². The molecule has 5 nitrogen and oxygen atoms in total. The van der Waals surface area contributed by atoms with Gasteiger partial charge in [-0.25, -0.2) is 5.84 Å². The first kappa shape index (κ1) is 16.6. The summed E-state index contributed by atoms with van der Waals surface area (Å²) in [6.45, 7) is 6.25. The Morgan fingerprint density at radius 1 is 1.30 bits per heavy atom. The Bertz CT molecular complexity index is 404. The number of benzene rings is 1. The number of rotatable bonds is 8. The highest BCUT2D eigenvalue weighted by Gasteiger charge is 2.10. The molecular formula is C15H25N3O2. The number of hydrazine groups is 1. The zero-order chi connectivity index (χ0) is 15.0. The van der Waals surface area contributed by atoms with E-state index in [2.05, 4.69) is 24.2 Å². The number of nitrogens with one attached hydrogen (secondary N) is 1. The van der Waals surface area contributed by atoms with Gasteiger partial charge in [0.15, 0.2) is 0 Å². The van der Waals surface area contributed by atoms with Crippen LogP contribution in [0.25, 0.3) is 0 Å². The molecule has 0 aromatic heterocycles. The van der Waals surface area contributed by atoms with E-state index >= 15 is 0 Å². The summed E-state index contributed by atoms with van der Waals surface area (Å²) in [4.78, 5) is 13.5. The minimum absolute atomic E-state index is 0.190. The van der Waals surface area contributed by atoms with E-state index in [0.29, 0.717) is 12.5 Å². The third kappa shape index (κ3) is 5.69. The highest BCUT2D eigenvalue weighted by molar-refractivity contribution is 5.77. The minimum Gasteiger partial charge on any atom is -0.396 e. The van der Waals surface area contributed by atoms with E-state index in [-0.39, 0.29) is 12.5 Å². The van der Waals surface area contributed by atoms with E-state index in [1.807, 2.05) is 24.3 Å². The molecule has 0 aliphatic rings. The van der Waals surface area contributed by atoms with E-state index in [1.54, 1.807) is 0 Å². The van der Waals surface area contributed by atoms with Gasteiger partial charge in [-0.3, -0.25) is 15.1 Å². The van der Waals surface area contributed by atoms with Crippen molar-refractivity contribution in [3.63, 3.8) is 0 Å². The topological polar surface area (TPSA) is 78.6 Å². The van der Waals surface area contributed by atoms with Crippen molar-refractivity contribution >= 4 is 5.91 Å². The van der Waals surface area contributed by atoms with Crippen LogP contribution < -0.4 is 11.3 Å². The summed E-state index contributed by atoms with van der Waals surface area (Å²) in [5.74, 6) is 4.88. The Hall–Kier alpha value is -1.43. The quantitative estimate of drug-likeness (QED) is 0.374. The molecule has 5 heteroatoms. The zero-order valence-corrected chi connectivity index (χ0v) is 12.3. The Morgan fingerprint density at radius 3 is 2.40 bits per heavy atom. The van der Waals surface area contributed by atoms with Crippen molar-refractivity contribution in [1.82, 2.24) is 10.3 Å². The molecule has 0 aliphatic carbocycles. The molecule has 0 heterocycles. The third-order valence-electron chi connectivity index (χ3n) is 3.27. The molecule has 0 atom stereocenters. The maximum atomic E-state index is 11.2. The summed E-state index contributed by atoms with van der Waals surface area (Å²) in [7, 11) is 0. The summed E-state index contributed by atoms with van der Waals surface area (Å²) in [5, 5.41) is 8.93. The van der Waals surface area contributed by atoms with Crippen molar-refractivity contribution in [1.29, 1.82) is 0 Å². The molecule has 1 amide bonds. The molecule has 0 spiro atoms. The molecule has 0 fully saturated rings. The fourth-order valence-corrected chi connectivity index (χ4v) is 2.03. The van der Waals surface area contributed by atoms with Gasteiger partial charge in [0.2, 0.25) is 5.91 Å². The summed E-state index contributed by atoms with van der Waals surface area (Å²) in [6.07, 6.45) is 1.09. The van der Waals surface area contributed by atoms with Crippen molar-refractivity contribution in [3.05, 3.63) is 35.4 Å². The third-order valence-corrected chi connectivity index (χ3v) is 3.27. The Labute approximate surface area is 120 Å². The van der Waals surface area contributed by atoms with Gasteiger partial charge in [0.25, 0.3) is 0 Å². The first-order chi connectivity index (χ1) is 9.56. The molecule has 0 radical (unpaired) electrons.